The lowest BCUT2D eigenvalue weighted by Gasteiger charge is -2.04. The molecule has 0 aromatic rings. The SMILES string of the molecule is CCC[C]1CCC(C)C1. The highest BCUT2D eigenvalue weighted by molar-refractivity contribution is 4.96. The Bertz CT molecular complexity index is 74.1. The van der Waals surface area contributed by atoms with Crippen LogP contribution in [0.2, 0.25) is 0 Å². The van der Waals surface area contributed by atoms with Gasteiger partial charge in [0.2, 0.25) is 0 Å². The predicted molar refractivity (Wildman–Crippen MR) is 41.2 cm³/mol. The minimum atomic E-state index is 0.992. The molecule has 53 valence electrons. The van der Waals surface area contributed by atoms with Crippen molar-refractivity contribution in [2.45, 2.75) is 46.0 Å². The van der Waals surface area contributed by atoms with Crippen LogP contribution in [-0.2, 0) is 0 Å². The molecule has 0 heterocycles. The molecular formula is C9H17. The van der Waals surface area contributed by atoms with Gasteiger partial charge in [0, 0.05) is 0 Å². The van der Waals surface area contributed by atoms with E-state index in [0.29, 0.717) is 0 Å². The van der Waals surface area contributed by atoms with Crippen molar-refractivity contribution in [3.8, 4) is 0 Å². The van der Waals surface area contributed by atoms with Crippen LogP contribution in [-0.4, -0.2) is 0 Å². The first-order valence-corrected chi connectivity index (χ1v) is 4.16. The van der Waals surface area contributed by atoms with Crippen LogP contribution < -0.4 is 0 Å². The zero-order chi connectivity index (χ0) is 6.69. The summed E-state index contributed by atoms with van der Waals surface area (Å²) >= 11 is 0. The van der Waals surface area contributed by atoms with Gasteiger partial charge in [-0.05, 0) is 31.1 Å². The molecule has 1 atom stereocenters. The molecule has 0 heteroatoms. The van der Waals surface area contributed by atoms with E-state index in [9.17, 15) is 0 Å². The fourth-order valence-electron chi connectivity index (χ4n) is 1.73. The van der Waals surface area contributed by atoms with E-state index >= 15 is 0 Å². The number of hydrogen-bond donors (Lipinski definition) is 0. The summed E-state index contributed by atoms with van der Waals surface area (Å²) in [5.41, 5.74) is 0. The summed E-state index contributed by atoms with van der Waals surface area (Å²) in [6.07, 6.45) is 7.05. The molecule has 1 aliphatic rings. The zero-order valence-corrected chi connectivity index (χ0v) is 6.61. The van der Waals surface area contributed by atoms with Gasteiger partial charge in [0.25, 0.3) is 0 Å². The smallest absolute Gasteiger partial charge is 0.0238 e. The van der Waals surface area contributed by atoms with Crippen molar-refractivity contribution in [2.75, 3.05) is 0 Å². The summed E-state index contributed by atoms with van der Waals surface area (Å²) in [6, 6.07) is 0. The van der Waals surface area contributed by atoms with Gasteiger partial charge in [-0.15, -0.1) is 0 Å². The maximum Gasteiger partial charge on any atom is -0.0238 e. The standard InChI is InChI=1S/C9H17/c1-3-4-9-6-5-8(2)7-9/h8H,3-7H2,1-2H3. The van der Waals surface area contributed by atoms with E-state index in [-0.39, 0.29) is 0 Å². The van der Waals surface area contributed by atoms with Gasteiger partial charge >= 0.3 is 0 Å². The van der Waals surface area contributed by atoms with Gasteiger partial charge in [0.05, 0.1) is 0 Å². The normalized spacial score (nSPS) is 29.3. The molecule has 1 unspecified atom stereocenters. The second-order valence-electron chi connectivity index (χ2n) is 3.35. The Balaban J connectivity index is 2.14. The molecule has 0 bridgehead atoms. The molecule has 1 aliphatic carbocycles. The van der Waals surface area contributed by atoms with Gasteiger partial charge in [-0.1, -0.05) is 26.7 Å². The third-order valence-corrected chi connectivity index (χ3v) is 2.23. The van der Waals surface area contributed by atoms with Crippen LogP contribution in [0.5, 0.6) is 0 Å². The molecule has 0 saturated heterocycles. The Labute approximate surface area is 58.7 Å². The van der Waals surface area contributed by atoms with Gasteiger partial charge in [-0.25, -0.2) is 0 Å². The van der Waals surface area contributed by atoms with Gasteiger partial charge in [0.15, 0.2) is 0 Å². The van der Waals surface area contributed by atoms with Crippen LogP contribution >= 0.6 is 0 Å². The maximum atomic E-state index is 2.36. The number of hydrogen-bond acceptors (Lipinski definition) is 0. The maximum absolute atomic E-state index is 2.36. The lowest BCUT2D eigenvalue weighted by atomic mass is 10.0. The van der Waals surface area contributed by atoms with Crippen molar-refractivity contribution < 1.29 is 0 Å². The zero-order valence-electron chi connectivity index (χ0n) is 6.61. The van der Waals surface area contributed by atoms with Crippen molar-refractivity contribution in [3.63, 3.8) is 0 Å². The van der Waals surface area contributed by atoms with E-state index in [1.165, 1.54) is 32.1 Å². The van der Waals surface area contributed by atoms with Crippen molar-refractivity contribution in [2.24, 2.45) is 5.92 Å². The monoisotopic (exact) mass is 125 g/mol. The highest BCUT2D eigenvalue weighted by Gasteiger charge is 2.20. The Morgan fingerprint density at radius 3 is 2.78 bits per heavy atom. The summed E-state index contributed by atoms with van der Waals surface area (Å²) in [5.74, 6) is 2.82. The first-order valence-electron chi connectivity index (χ1n) is 4.16. The summed E-state index contributed by atoms with van der Waals surface area (Å²) in [4.78, 5) is 0. The summed E-state index contributed by atoms with van der Waals surface area (Å²) < 4.78 is 0. The quantitative estimate of drug-likeness (QED) is 0.531. The van der Waals surface area contributed by atoms with E-state index in [2.05, 4.69) is 13.8 Å². The molecule has 0 N–H and O–H groups in total. The van der Waals surface area contributed by atoms with E-state index in [0.717, 1.165) is 5.92 Å². The largest absolute Gasteiger partial charge is 0.0654 e. The third kappa shape index (κ3) is 2.00. The highest BCUT2D eigenvalue weighted by atomic mass is 14.2. The average molecular weight is 125 g/mol. The van der Waals surface area contributed by atoms with Crippen LogP contribution in [0.25, 0.3) is 0 Å². The highest BCUT2D eigenvalue weighted by Crippen LogP contribution is 2.34. The topological polar surface area (TPSA) is 0 Å². The molecule has 0 spiro atoms. The minimum Gasteiger partial charge on any atom is -0.0654 e. The second kappa shape index (κ2) is 3.24. The molecule has 0 aliphatic heterocycles. The summed E-state index contributed by atoms with van der Waals surface area (Å²) in [5, 5.41) is 0. The molecule has 0 aromatic carbocycles. The van der Waals surface area contributed by atoms with Crippen LogP contribution in [0.4, 0.5) is 0 Å². The van der Waals surface area contributed by atoms with Gasteiger partial charge in [0.1, 0.15) is 0 Å². The fourth-order valence-corrected chi connectivity index (χ4v) is 1.73. The summed E-state index contributed by atoms with van der Waals surface area (Å²) in [6.45, 7) is 4.64. The first-order chi connectivity index (χ1) is 4.33. The van der Waals surface area contributed by atoms with E-state index in [4.69, 9.17) is 0 Å². The molecule has 1 radical (unpaired) electrons. The Morgan fingerprint density at radius 1 is 1.56 bits per heavy atom. The van der Waals surface area contributed by atoms with Crippen molar-refractivity contribution in [1.82, 2.24) is 0 Å². The van der Waals surface area contributed by atoms with E-state index in [1.807, 2.05) is 5.92 Å². The molecule has 9 heavy (non-hydrogen) atoms. The molecule has 0 aromatic heterocycles. The van der Waals surface area contributed by atoms with Crippen molar-refractivity contribution in [3.05, 3.63) is 5.92 Å². The molecule has 0 nitrogen and oxygen atoms in total. The van der Waals surface area contributed by atoms with Crippen molar-refractivity contribution >= 4 is 0 Å². The van der Waals surface area contributed by atoms with Gasteiger partial charge < -0.3 is 0 Å². The minimum absolute atomic E-state index is 0.992. The second-order valence-corrected chi connectivity index (χ2v) is 3.35. The Kier molecular flexibility index (Phi) is 2.56. The van der Waals surface area contributed by atoms with Gasteiger partial charge in [-0.2, -0.15) is 0 Å². The molecular weight excluding hydrogens is 108 g/mol. The lowest BCUT2D eigenvalue weighted by Crippen LogP contribution is -1.89. The molecule has 1 fully saturated rings. The van der Waals surface area contributed by atoms with Crippen LogP contribution in [0.3, 0.4) is 0 Å². The van der Waals surface area contributed by atoms with Crippen LogP contribution in [0.15, 0.2) is 0 Å². The van der Waals surface area contributed by atoms with Gasteiger partial charge in [-0.3, -0.25) is 0 Å². The fraction of sp³-hybridized carbons (Fsp3) is 0.889. The number of rotatable bonds is 2. The predicted octanol–water partition coefficient (Wildman–Crippen LogP) is 3.18. The van der Waals surface area contributed by atoms with Crippen LogP contribution in [0.1, 0.15) is 46.0 Å². The molecule has 1 saturated carbocycles. The Morgan fingerprint density at radius 2 is 2.33 bits per heavy atom. The third-order valence-electron chi connectivity index (χ3n) is 2.23. The van der Waals surface area contributed by atoms with E-state index < -0.39 is 0 Å². The lowest BCUT2D eigenvalue weighted by molar-refractivity contribution is 0.609. The first kappa shape index (κ1) is 7.11. The average Bonchev–Trinajstić information content (AvgIpc) is 2.17. The van der Waals surface area contributed by atoms with E-state index in [1.54, 1.807) is 0 Å². The molecule has 1 rings (SSSR count). The van der Waals surface area contributed by atoms with Crippen molar-refractivity contribution in [1.29, 1.82) is 0 Å². The summed E-state index contributed by atoms with van der Waals surface area (Å²) in [7, 11) is 0. The Hall–Kier alpha value is 0. The molecule has 0 amide bonds. The van der Waals surface area contributed by atoms with Crippen LogP contribution in [0, 0.1) is 11.8 Å².